The van der Waals surface area contributed by atoms with E-state index < -0.39 is 0 Å². The van der Waals surface area contributed by atoms with Crippen LogP contribution in [-0.2, 0) is 22.6 Å². The molecule has 7 rings (SSSR count). The summed E-state index contributed by atoms with van der Waals surface area (Å²) in [4.78, 5) is 20.8. The third kappa shape index (κ3) is 6.68. The number of pyridine rings is 1. The largest absolute Gasteiger partial charge is 0.490 e. The number of H-pyrrole nitrogens is 1. The zero-order valence-electron chi connectivity index (χ0n) is 27.1. The number of nitrogens with one attached hydrogen (secondary N) is 2. The summed E-state index contributed by atoms with van der Waals surface area (Å²) in [5.41, 5.74) is 6.53. The Morgan fingerprint density at radius 3 is 2.44 bits per heavy atom. The van der Waals surface area contributed by atoms with Crippen molar-refractivity contribution in [1.29, 1.82) is 0 Å². The number of anilines is 1. The normalized spacial score (nSPS) is 30.7. The molecule has 8 heteroatoms. The molecule has 1 aromatic heterocycles. The van der Waals surface area contributed by atoms with Crippen molar-refractivity contribution in [1.82, 2.24) is 15.2 Å². The van der Waals surface area contributed by atoms with Crippen molar-refractivity contribution in [3.05, 3.63) is 56.5 Å². The van der Waals surface area contributed by atoms with Gasteiger partial charge in [0.2, 0.25) is 0 Å². The molecule has 3 saturated heterocycles. The third-order valence-corrected chi connectivity index (χ3v) is 10.4. The molecule has 3 unspecified atom stereocenters. The highest BCUT2D eigenvalue weighted by atomic mass is 16.5. The van der Waals surface area contributed by atoms with Gasteiger partial charge in [-0.25, -0.2) is 0 Å². The summed E-state index contributed by atoms with van der Waals surface area (Å²) in [6.45, 7) is 17.9. The van der Waals surface area contributed by atoms with Crippen LogP contribution in [0, 0.1) is 26.7 Å². The summed E-state index contributed by atoms with van der Waals surface area (Å²) in [7, 11) is 0. The fourth-order valence-corrected chi connectivity index (χ4v) is 8.09. The molecule has 1 aromatic carbocycles. The zero-order valence-corrected chi connectivity index (χ0v) is 27.1. The summed E-state index contributed by atoms with van der Waals surface area (Å²) >= 11 is 0. The predicted octanol–water partition coefficient (Wildman–Crippen LogP) is 5.00. The van der Waals surface area contributed by atoms with Crippen molar-refractivity contribution >= 4 is 5.69 Å². The molecule has 2 bridgehead atoms. The highest BCUT2D eigenvalue weighted by Crippen LogP contribution is 2.41. The van der Waals surface area contributed by atoms with Gasteiger partial charge in [0.05, 0.1) is 24.9 Å². The Balaban J connectivity index is 1.20. The highest BCUT2D eigenvalue weighted by molar-refractivity contribution is 5.61. The predicted molar refractivity (Wildman–Crippen MR) is 171 cm³/mol. The van der Waals surface area contributed by atoms with E-state index in [1.807, 2.05) is 19.9 Å². The van der Waals surface area contributed by atoms with Gasteiger partial charge in [0, 0.05) is 86.6 Å². The van der Waals surface area contributed by atoms with Crippen LogP contribution in [0.1, 0.15) is 80.8 Å². The number of aromatic nitrogens is 1. The van der Waals surface area contributed by atoms with Gasteiger partial charge in [-0.1, -0.05) is 0 Å². The Hall–Kier alpha value is -2.39. The van der Waals surface area contributed by atoms with Crippen LogP contribution in [0.15, 0.2) is 23.0 Å². The van der Waals surface area contributed by atoms with Crippen molar-refractivity contribution in [2.24, 2.45) is 5.92 Å². The van der Waals surface area contributed by atoms with Crippen molar-refractivity contribution < 1.29 is 14.2 Å². The van der Waals surface area contributed by atoms with E-state index in [1.54, 1.807) is 0 Å². The van der Waals surface area contributed by atoms with Crippen LogP contribution >= 0.6 is 0 Å². The fourth-order valence-electron chi connectivity index (χ4n) is 8.09. The Bertz CT molecular complexity index is 1320. The number of nitrogens with zero attached hydrogens (tertiary/aromatic N) is 2. The molecule has 2 aromatic rings. The summed E-state index contributed by atoms with van der Waals surface area (Å²) in [5, 5.41) is 3.58. The smallest absolute Gasteiger partial charge is 0.252 e. The van der Waals surface area contributed by atoms with Crippen LogP contribution in [0.2, 0.25) is 0 Å². The minimum atomic E-state index is -0.00480. The van der Waals surface area contributed by atoms with Gasteiger partial charge in [-0.05, 0) is 89.6 Å². The topological polar surface area (TPSA) is 79.1 Å². The van der Waals surface area contributed by atoms with E-state index in [4.69, 9.17) is 14.2 Å². The first-order chi connectivity index (χ1) is 20.7. The first kappa shape index (κ1) is 30.6. The van der Waals surface area contributed by atoms with Gasteiger partial charge < -0.3 is 29.4 Å². The summed E-state index contributed by atoms with van der Waals surface area (Å²) in [5.74, 6) is 1.54. The lowest BCUT2D eigenvalue weighted by molar-refractivity contribution is -0.103. The van der Waals surface area contributed by atoms with Crippen LogP contribution in [0.3, 0.4) is 0 Å². The molecule has 0 radical (unpaired) electrons. The monoisotopic (exact) mass is 592 g/mol. The Labute approximate surface area is 257 Å². The third-order valence-electron chi connectivity index (χ3n) is 10.4. The van der Waals surface area contributed by atoms with Gasteiger partial charge in [-0.15, -0.1) is 0 Å². The van der Waals surface area contributed by atoms with Gasteiger partial charge >= 0.3 is 0 Å². The number of hydrogen-bond donors (Lipinski definition) is 2. The number of morpholine rings is 1. The molecular formula is C35H52N4O4. The van der Waals surface area contributed by atoms with Crippen molar-refractivity contribution in [3.8, 4) is 5.75 Å². The molecule has 0 amide bonds. The fraction of sp³-hybridized carbons (Fsp3) is 0.686. The summed E-state index contributed by atoms with van der Waals surface area (Å²) < 4.78 is 18.8. The maximum absolute atomic E-state index is 12.6. The second-order valence-electron chi connectivity index (χ2n) is 13.7. The second kappa shape index (κ2) is 12.9. The lowest BCUT2D eigenvalue weighted by atomic mass is 9.79. The molecule has 2 aliphatic carbocycles. The molecule has 5 fully saturated rings. The minimum absolute atomic E-state index is 0.00480. The van der Waals surface area contributed by atoms with Crippen LogP contribution in [0.25, 0.3) is 0 Å². The van der Waals surface area contributed by atoms with E-state index in [0.717, 1.165) is 68.1 Å². The Kier molecular flexibility index (Phi) is 9.20. The lowest BCUT2D eigenvalue weighted by Gasteiger charge is -2.48. The number of aryl methyl sites for hydroxylation is 2. The van der Waals surface area contributed by atoms with Crippen LogP contribution in [0.5, 0.6) is 5.75 Å². The lowest BCUT2D eigenvalue weighted by Crippen LogP contribution is -2.56. The van der Waals surface area contributed by atoms with Crippen molar-refractivity contribution in [2.45, 2.75) is 123 Å². The van der Waals surface area contributed by atoms with Crippen LogP contribution < -0.4 is 20.5 Å². The van der Waals surface area contributed by atoms with Gasteiger partial charge in [-0.2, -0.15) is 0 Å². The van der Waals surface area contributed by atoms with Crippen molar-refractivity contribution in [2.75, 3.05) is 31.1 Å². The quantitative estimate of drug-likeness (QED) is 0.402. The number of rotatable bonds is 10. The van der Waals surface area contributed by atoms with Crippen LogP contribution in [0.4, 0.5) is 5.69 Å². The van der Waals surface area contributed by atoms with Gasteiger partial charge in [0.25, 0.3) is 5.56 Å². The average molecular weight is 593 g/mol. The van der Waals surface area contributed by atoms with E-state index >= 15 is 0 Å². The molecule has 236 valence electrons. The first-order valence-electron chi connectivity index (χ1n) is 16.7. The highest BCUT2D eigenvalue weighted by Gasteiger charge is 2.41. The molecule has 5 aliphatic rings. The maximum Gasteiger partial charge on any atom is 0.252 e. The standard InChI is InChI=1S/C35H52N4O4/c1-7-39(34-14-29-9-8-26(34)20-41-29)33-15-30(43-31-12-28(13-31)38-18-23(4)42-24(5)19-38)11-27(25(33)6)16-36-17-32-21(2)10-22(3)37-35(32)40/h10-11,15,23-24,26,28-29,31,34,36H,7-9,12-14,16-20H2,1-6H3,(H,37,40)/t23-,24+,26?,28?,29?,31?,34?. The maximum atomic E-state index is 12.6. The second-order valence-corrected chi connectivity index (χ2v) is 13.7. The number of fused-ring (bicyclic) bond motifs is 3. The molecule has 0 spiro atoms. The minimum Gasteiger partial charge on any atom is -0.490 e. The van der Waals surface area contributed by atoms with Gasteiger partial charge in [0.15, 0.2) is 0 Å². The summed E-state index contributed by atoms with van der Waals surface area (Å²) in [6.07, 6.45) is 6.87. The number of ether oxygens (including phenoxy) is 3. The molecule has 2 N–H and O–H groups in total. The molecule has 5 atom stereocenters. The van der Waals surface area contributed by atoms with Crippen molar-refractivity contribution in [3.63, 3.8) is 0 Å². The first-order valence-corrected chi connectivity index (χ1v) is 16.7. The molecule has 3 aliphatic heterocycles. The van der Waals surface area contributed by atoms with Crippen LogP contribution in [-0.4, -0.2) is 72.6 Å². The number of benzene rings is 1. The average Bonchev–Trinajstić information content (AvgIpc) is 2.94. The van der Waals surface area contributed by atoms with Gasteiger partial charge in [0.1, 0.15) is 11.9 Å². The van der Waals surface area contributed by atoms with E-state index in [1.165, 1.54) is 29.7 Å². The Morgan fingerprint density at radius 2 is 1.81 bits per heavy atom. The number of hydrogen-bond acceptors (Lipinski definition) is 7. The molecule has 43 heavy (non-hydrogen) atoms. The molecule has 2 saturated carbocycles. The molecular weight excluding hydrogens is 540 g/mol. The van der Waals surface area contributed by atoms with Gasteiger partial charge in [-0.3, -0.25) is 9.69 Å². The SMILES string of the molecule is CCN(c1cc(OC2CC(N3C[C@@H](C)O[C@@H](C)C3)C2)cc(CNCc2c(C)cc(C)[nH]c2=O)c1C)C1CC2CCC1CO2. The van der Waals surface area contributed by atoms with E-state index in [-0.39, 0.29) is 23.9 Å². The number of aromatic amines is 1. The molecule has 4 heterocycles. The summed E-state index contributed by atoms with van der Waals surface area (Å²) in [6, 6.07) is 7.65. The molecule has 8 nitrogen and oxygen atoms in total. The zero-order chi connectivity index (χ0) is 30.2. The Morgan fingerprint density at radius 1 is 1.05 bits per heavy atom. The van der Waals surface area contributed by atoms with E-state index in [9.17, 15) is 4.79 Å². The van der Waals surface area contributed by atoms with E-state index in [0.29, 0.717) is 37.2 Å². The van der Waals surface area contributed by atoms with E-state index in [2.05, 4.69) is 59.9 Å².